The van der Waals surface area contributed by atoms with Gasteiger partial charge in [-0.15, -0.1) is 0 Å². The molecule has 0 aliphatic heterocycles. The number of ketones is 1. The second-order valence-corrected chi connectivity index (χ2v) is 7.89. The number of halogens is 2. The Bertz CT molecular complexity index is 1310. The van der Waals surface area contributed by atoms with Gasteiger partial charge in [-0.25, -0.2) is 4.98 Å². The van der Waals surface area contributed by atoms with Gasteiger partial charge in [0, 0.05) is 21.7 Å². The van der Waals surface area contributed by atoms with Gasteiger partial charge in [-0.1, -0.05) is 59.6 Å². The molecular formula is C24H18Cl2N2O4. The second-order valence-electron chi connectivity index (χ2n) is 7.07. The van der Waals surface area contributed by atoms with Gasteiger partial charge in [-0.3, -0.25) is 4.79 Å². The van der Waals surface area contributed by atoms with Crippen LogP contribution in [0.1, 0.15) is 33.4 Å². The van der Waals surface area contributed by atoms with Crippen molar-refractivity contribution < 1.29 is 20.1 Å². The predicted octanol–water partition coefficient (Wildman–Crippen LogP) is 5.20. The summed E-state index contributed by atoms with van der Waals surface area (Å²) in [5.74, 6) is -0.794. The fraction of sp³-hybridized carbons (Fsp3) is 0.0833. The maximum atomic E-state index is 13.7. The molecule has 4 aromatic rings. The number of aliphatic hydroxyl groups excluding tert-OH is 3. The van der Waals surface area contributed by atoms with Crippen molar-refractivity contribution in [2.45, 2.75) is 6.10 Å². The van der Waals surface area contributed by atoms with E-state index < -0.39 is 18.5 Å². The lowest BCUT2D eigenvalue weighted by Gasteiger charge is -2.14. The molecule has 32 heavy (non-hydrogen) atoms. The van der Waals surface area contributed by atoms with Gasteiger partial charge < -0.3 is 20.3 Å². The van der Waals surface area contributed by atoms with Crippen molar-refractivity contribution in [2.75, 3.05) is 6.61 Å². The molecule has 1 atom stereocenters. The Hall–Kier alpha value is -3.16. The van der Waals surface area contributed by atoms with Gasteiger partial charge in [0.25, 0.3) is 0 Å². The molecule has 0 aliphatic carbocycles. The molecule has 1 aromatic heterocycles. The molecule has 4 rings (SSSR count). The van der Waals surface area contributed by atoms with Crippen LogP contribution in [0.5, 0.6) is 0 Å². The molecule has 3 aromatic carbocycles. The second kappa shape index (κ2) is 9.14. The van der Waals surface area contributed by atoms with Crippen LogP contribution in [0.25, 0.3) is 22.4 Å². The first-order valence-corrected chi connectivity index (χ1v) is 10.4. The topological polar surface area (TPSA) is 106 Å². The van der Waals surface area contributed by atoms with Crippen LogP contribution < -0.4 is 0 Å². The number of nitrogens with zero attached hydrogens (tertiary/aromatic N) is 1. The van der Waals surface area contributed by atoms with Crippen LogP contribution in [0.3, 0.4) is 0 Å². The van der Waals surface area contributed by atoms with Crippen LogP contribution in [-0.2, 0) is 0 Å². The number of imidazole rings is 1. The van der Waals surface area contributed by atoms with E-state index >= 15 is 0 Å². The smallest absolute Gasteiger partial charge is 0.202 e. The number of aromatic nitrogens is 2. The number of allylic oxidation sites excluding steroid dienone is 1. The van der Waals surface area contributed by atoms with E-state index in [9.17, 15) is 20.1 Å². The lowest BCUT2D eigenvalue weighted by atomic mass is 9.96. The van der Waals surface area contributed by atoms with Gasteiger partial charge in [0.1, 0.15) is 23.3 Å². The molecule has 6 nitrogen and oxygen atoms in total. The van der Waals surface area contributed by atoms with E-state index in [0.29, 0.717) is 21.6 Å². The summed E-state index contributed by atoms with van der Waals surface area (Å²) < 4.78 is 0. The minimum atomic E-state index is -1.25. The summed E-state index contributed by atoms with van der Waals surface area (Å²) in [5, 5.41) is 30.8. The third-order valence-corrected chi connectivity index (χ3v) is 5.65. The highest BCUT2D eigenvalue weighted by Crippen LogP contribution is 2.33. The number of aromatic amines is 1. The first kappa shape index (κ1) is 22.0. The monoisotopic (exact) mass is 468 g/mol. The van der Waals surface area contributed by atoms with Crippen LogP contribution in [0, 0.1) is 0 Å². The maximum absolute atomic E-state index is 13.7. The Balaban J connectivity index is 1.94. The number of carbonyl (C=O) groups is 1. The minimum Gasteiger partial charge on any atom is -0.506 e. The van der Waals surface area contributed by atoms with Crippen LogP contribution in [0.15, 0.2) is 66.7 Å². The summed E-state index contributed by atoms with van der Waals surface area (Å²) in [7, 11) is 0. The standard InChI is InChI=1S/C24H18Cl2N2O4/c25-14-6-3-5-13(11-14)22(31)20(24-27-17-9-1-2-10-18(17)28-24)23(32)16-8-4-7-15(21(16)26)19(30)12-29/h1-11,19,29-31H,12H2,(H,27,28)/t19-/m0/s1. The molecule has 0 aliphatic rings. The summed E-state index contributed by atoms with van der Waals surface area (Å²) in [6, 6.07) is 18.2. The third-order valence-electron chi connectivity index (χ3n) is 4.99. The number of H-pyrrole nitrogens is 1. The average molecular weight is 469 g/mol. The zero-order valence-corrected chi connectivity index (χ0v) is 18.1. The molecule has 4 N–H and O–H groups in total. The average Bonchev–Trinajstić information content (AvgIpc) is 3.22. The number of aliphatic hydroxyl groups is 3. The lowest BCUT2D eigenvalue weighted by molar-refractivity contribution is 0.0954. The summed E-state index contributed by atoms with van der Waals surface area (Å²) in [4.78, 5) is 21.2. The highest BCUT2D eigenvalue weighted by atomic mass is 35.5. The Labute approximate surface area is 193 Å². The van der Waals surface area contributed by atoms with Crippen molar-refractivity contribution in [3.05, 3.63) is 99.3 Å². The predicted molar refractivity (Wildman–Crippen MR) is 125 cm³/mol. The molecule has 0 fully saturated rings. The molecule has 1 heterocycles. The zero-order chi connectivity index (χ0) is 22.8. The largest absolute Gasteiger partial charge is 0.506 e. The summed E-state index contributed by atoms with van der Waals surface area (Å²) in [6.07, 6.45) is -1.25. The van der Waals surface area contributed by atoms with E-state index in [1.165, 1.54) is 18.2 Å². The first-order chi connectivity index (χ1) is 15.4. The van der Waals surface area contributed by atoms with Gasteiger partial charge in [0.05, 0.1) is 22.7 Å². The summed E-state index contributed by atoms with van der Waals surface area (Å²) in [5.41, 5.74) is 1.75. The lowest BCUT2D eigenvalue weighted by Crippen LogP contribution is -2.11. The Morgan fingerprint density at radius 1 is 1.03 bits per heavy atom. The number of carbonyl (C=O) groups excluding carboxylic acids is 1. The summed E-state index contributed by atoms with van der Waals surface area (Å²) in [6.45, 7) is -0.558. The Morgan fingerprint density at radius 2 is 1.78 bits per heavy atom. The van der Waals surface area contributed by atoms with E-state index in [0.717, 1.165) is 0 Å². The van der Waals surface area contributed by atoms with Crippen molar-refractivity contribution in [1.82, 2.24) is 9.97 Å². The van der Waals surface area contributed by atoms with Crippen molar-refractivity contribution >= 4 is 51.4 Å². The van der Waals surface area contributed by atoms with Crippen molar-refractivity contribution in [3.8, 4) is 0 Å². The maximum Gasteiger partial charge on any atom is 0.202 e. The van der Waals surface area contributed by atoms with Gasteiger partial charge >= 0.3 is 0 Å². The van der Waals surface area contributed by atoms with Gasteiger partial charge in [-0.05, 0) is 30.3 Å². The number of nitrogens with one attached hydrogen (secondary N) is 1. The van der Waals surface area contributed by atoms with Crippen LogP contribution in [0.2, 0.25) is 10.0 Å². The van der Waals surface area contributed by atoms with E-state index in [2.05, 4.69) is 9.97 Å². The van der Waals surface area contributed by atoms with E-state index in [1.807, 2.05) is 12.1 Å². The van der Waals surface area contributed by atoms with Crippen LogP contribution in [0.4, 0.5) is 0 Å². The molecule has 162 valence electrons. The summed E-state index contributed by atoms with van der Waals surface area (Å²) >= 11 is 12.5. The van der Waals surface area contributed by atoms with E-state index in [-0.39, 0.29) is 33.3 Å². The zero-order valence-electron chi connectivity index (χ0n) is 16.6. The third kappa shape index (κ3) is 4.13. The van der Waals surface area contributed by atoms with Crippen molar-refractivity contribution in [3.63, 3.8) is 0 Å². The van der Waals surface area contributed by atoms with Gasteiger partial charge in [-0.2, -0.15) is 0 Å². The quantitative estimate of drug-likeness (QED) is 0.176. The molecule has 0 amide bonds. The molecule has 0 radical (unpaired) electrons. The van der Waals surface area contributed by atoms with E-state index in [1.54, 1.807) is 36.4 Å². The SMILES string of the molecule is O=C(C(=C(O)c1cccc(Cl)c1)c1nc2ccccc2[nH]1)c1cccc([C@@H](O)CO)c1Cl. The Morgan fingerprint density at radius 3 is 2.50 bits per heavy atom. The molecular weight excluding hydrogens is 451 g/mol. The normalized spacial score (nSPS) is 13.1. The number of Topliss-reactive ketones (excluding diaryl/α,β-unsaturated/α-hetero) is 1. The molecule has 0 saturated heterocycles. The first-order valence-electron chi connectivity index (χ1n) is 9.67. The fourth-order valence-corrected chi connectivity index (χ4v) is 3.92. The minimum absolute atomic E-state index is 0.0217. The number of para-hydroxylation sites is 2. The number of hydrogen-bond acceptors (Lipinski definition) is 5. The number of benzene rings is 3. The van der Waals surface area contributed by atoms with Gasteiger partial charge in [0.2, 0.25) is 5.78 Å². The molecule has 0 bridgehead atoms. The van der Waals surface area contributed by atoms with E-state index in [4.69, 9.17) is 23.2 Å². The Kier molecular flexibility index (Phi) is 6.30. The fourth-order valence-electron chi connectivity index (χ4n) is 3.39. The molecule has 0 saturated carbocycles. The van der Waals surface area contributed by atoms with Crippen molar-refractivity contribution in [2.24, 2.45) is 0 Å². The van der Waals surface area contributed by atoms with Gasteiger partial charge in [0.15, 0.2) is 0 Å². The van der Waals surface area contributed by atoms with Crippen LogP contribution in [-0.4, -0.2) is 37.7 Å². The molecule has 0 unspecified atom stereocenters. The highest BCUT2D eigenvalue weighted by molar-refractivity contribution is 6.41. The number of rotatable bonds is 6. The number of hydrogen-bond donors (Lipinski definition) is 4. The number of fused-ring (bicyclic) bond motifs is 1. The highest BCUT2D eigenvalue weighted by Gasteiger charge is 2.27. The molecule has 8 heteroatoms. The molecule has 0 spiro atoms. The van der Waals surface area contributed by atoms with Crippen molar-refractivity contribution in [1.29, 1.82) is 0 Å². The van der Waals surface area contributed by atoms with Crippen LogP contribution >= 0.6 is 23.2 Å².